The Bertz CT molecular complexity index is 882. The second-order valence-corrected chi connectivity index (χ2v) is 7.39. The smallest absolute Gasteiger partial charge is 0.153 e. The van der Waals surface area contributed by atoms with Gasteiger partial charge in [0.15, 0.2) is 5.82 Å². The van der Waals surface area contributed by atoms with Crippen LogP contribution in [-0.4, -0.2) is 27.0 Å². The van der Waals surface area contributed by atoms with Gasteiger partial charge in [-0.1, -0.05) is 41.9 Å². The Balaban J connectivity index is 1.56. The van der Waals surface area contributed by atoms with Crippen molar-refractivity contribution >= 4 is 34.6 Å². The second-order valence-electron chi connectivity index (χ2n) is 5.86. The SMILES string of the molecule is Clc1ccc(C2=C(c3ncn[nH]3)CC(CSc3ccccc3)ON2)cc1. The highest BCUT2D eigenvalue weighted by Gasteiger charge is 2.25. The van der Waals surface area contributed by atoms with E-state index in [4.69, 9.17) is 16.4 Å². The fourth-order valence-corrected chi connectivity index (χ4v) is 3.83. The molecule has 0 bridgehead atoms. The number of hydroxylamine groups is 1. The molecule has 0 saturated carbocycles. The number of H-pyrrole nitrogens is 1. The Morgan fingerprint density at radius 1 is 1.12 bits per heavy atom. The highest BCUT2D eigenvalue weighted by Crippen LogP contribution is 2.33. The fraction of sp³-hybridized carbons (Fsp3) is 0.158. The van der Waals surface area contributed by atoms with E-state index in [2.05, 4.69) is 32.8 Å². The first-order chi connectivity index (χ1) is 12.8. The number of nitrogens with one attached hydrogen (secondary N) is 2. The Hall–Kier alpha value is -2.28. The van der Waals surface area contributed by atoms with Crippen LogP contribution in [0.25, 0.3) is 11.3 Å². The Morgan fingerprint density at radius 2 is 1.92 bits per heavy atom. The van der Waals surface area contributed by atoms with Gasteiger partial charge in [0.05, 0.1) is 11.8 Å². The zero-order valence-corrected chi connectivity index (χ0v) is 15.4. The third-order valence-corrected chi connectivity index (χ3v) is 5.47. The maximum Gasteiger partial charge on any atom is 0.153 e. The number of thioether (sulfide) groups is 1. The van der Waals surface area contributed by atoms with Crippen molar-refractivity contribution in [3.05, 3.63) is 77.3 Å². The van der Waals surface area contributed by atoms with E-state index in [1.807, 2.05) is 42.5 Å². The van der Waals surface area contributed by atoms with Crippen molar-refractivity contribution in [3.63, 3.8) is 0 Å². The zero-order chi connectivity index (χ0) is 17.8. The van der Waals surface area contributed by atoms with Crippen LogP contribution in [-0.2, 0) is 4.84 Å². The van der Waals surface area contributed by atoms with E-state index < -0.39 is 0 Å². The summed E-state index contributed by atoms with van der Waals surface area (Å²) in [5, 5.41) is 7.66. The van der Waals surface area contributed by atoms with E-state index in [-0.39, 0.29) is 6.10 Å². The maximum absolute atomic E-state index is 6.01. The lowest BCUT2D eigenvalue weighted by atomic mass is 10.00. The molecule has 2 heterocycles. The first-order valence-electron chi connectivity index (χ1n) is 8.24. The summed E-state index contributed by atoms with van der Waals surface area (Å²) in [5.41, 5.74) is 6.05. The quantitative estimate of drug-likeness (QED) is 0.638. The maximum atomic E-state index is 6.01. The Labute approximate surface area is 160 Å². The van der Waals surface area contributed by atoms with Crippen LogP contribution >= 0.6 is 23.4 Å². The molecule has 1 aliphatic heterocycles. The molecule has 5 nitrogen and oxygen atoms in total. The highest BCUT2D eigenvalue weighted by molar-refractivity contribution is 7.99. The molecule has 4 rings (SSSR count). The van der Waals surface area contributed by atoms with Crippen LogP contribution < -0.4 is 5.48 Å². The Morgan fingerprint density at radius 3 is 2.65 bits per heavy atom. The number of aromatic nitrogens is 3. The lowest BCUT2D eigenvalue weighted by molar-refractivity contribution is 0.0154. The molecule has 1 unspecified atom stereocenters. The van der Waals surface area contributed by atoms with E-state index in [0.29, 0.717) is 5.02 Å². The molecule has 0 amide bonds. The van der Waals surface area contributed by atoms with E-state index in [9.17, 15) is 0 Å². The van der Waals surface area contributed by atoms with E-state index in [1.165, 1.54) is 11.2 Å². The molecule has 1 atom stereocenters. The predicted molar refractivity (Wildman–Crippen MR) is 104 cm³/mol. The molecule has 0 spiro atoms. The minimum absolute atomic E-state index is 0.0244. The topological polar surface area (TPSA) is 62.8 Å². The number of hydrogen-bond acceptors (Lipinski definition) is 5. The number of halogens is 1. The number of aromatic amines is 1. The van der Waals surface area contributed by atoms with Crippen LogP contribution in [0.4, 0.5) is 0 Å². The first kappa shape index (κ1) is 17.1. The number of hydrogen-bond donors (Lipinski definition) is 2. The van der Waals surface area contributed by atoms with Gasteiger partial charge in [0.1, 0.15) is 6.33 Å². The lowest BCUT2D eigenvalue weighted by Crippen LogP contribution is -2.31. The lowest BCUT2D eigenvalue weighted by Gasteiger charge is -2.27. The van der Waals surface area contributed by atoms with Crippen molar-refractivity contribution in [2.75, 3.05) is 5.75 Å². The molecule has 0 fully saturated rings. The molecule has 2 aromatic carbocycles. The number of benzene rings is 2. The van der Waals surface area contributed by atoms with Crippen LogP contribution in [0.2, 0.25) is 5.02 Å². The van der Waals surface area contributed by atoms with Crippen LogP contribution in [0.3, 0.4) is 0 Å². The van der Waals surface area contributed by atoms with Crippen molar-refractivity contribution in [1.82, 2.24) is 20.7 Å². The molecule has 1 aromatic heterocycles. The molecule has 26 heavy (non-hydrogen) atoms. The van der Waals surface area contributed by atoms with Gasteiger partial charge in [-0.05, 0) is 24.3 Å². The second kappa shape index (κ2) is 7.95. The summed E-state index contributed by atoms with van der Waals surface area (Å²) in [4.78, 5) is 11.5. The van der Waals surface area contributed by atoms with Gasteiger partial charge in [0.2, 0.25) is 0 Å². The minimum Gasteiger partial charge on any atom is -0.272 e. The van der Waals surface area contributed by atoms with Gasteiger partial charge in [-0.25, -0.2) is 4.98 Å². The minimum atomic E-state index is 0.0244. The molecular weight excluding hydrogens is 368 g/mol. The molecule has 7 heteroatoms. The average Bonchev–Trinajstić information content (AvgIpc) is 3.22. The summed E-state index contributed by atoms with van der Waals surface area (Å²) >= 11 is 7.78. The Kier molecular flexibility index (Phi) is 5.24. The van der Waals surface area contributed by atoms with Gasteiger partial charge in [0, 0.05) is 33.2 Å². The molecule has 2 N–H and O–H groups in total. The zero-order valence-electron chi connectivity index (χ0n) is 13.9. The third kappa shape index (κ3) is 3.93. The van der Waals surface area contributed by atoms with Crippen molar-refractivity contribution in [3.8, 4) is 0 Å². The van der Waals surface area contributed by atoms with Crippen molar-refractivity contribution in [2.45, 2.75) is 17.4 Å². The molecule has 3 aromatic rings. The summed E-state index contributed by atoms with van der Waals surface area (Å²) in [6.45, 7) is 0. The summed E-state index contributed by atoms with van der Waals surface area (Å²) in [7, 11) is 0. The van der Waals surface area contributed by atoms with Gasteiger partial charge in [0.25, 0.3) is 0 Å². The summed E-state index contributed by atoms with van der Waals surface area (Å²) in [6.07, 6.45) is 2.28. The molecule has 132 valence electrons. The highest BCUT2D eigenvalue weighted by atomic mass is 35.5. The molecular formula is C19H17ClN4OS. The summed E-state index contributed by atoms with van der Waals surface area (Å²) in [6, 6.07) is 18.0. The summed E-state index contributed by atoms with van der Waals surface area (Å²) in [5.74, 6) is 1.59. The van der Waals surface area contributed by atoms with Crippen molar-refractivity contribution in [1.29, 1.82) is 0 Å². The van der Waals surface area contributed by atoms with Gasteiger partial charge in [-0.3, -0.25) is 15.4 Å². The van der Waals surface area contributed by atoms with Crippen LogP contribution in [0, 0.1) is 0 Å². The van der Waals surface area contributed by atoms with Gasteiger partial charge in [-0.2, -0.15) is 5.10 Å². The van der Waals surface area contributed by atoms with Crippen LogP contribution in [0.15, 0.2) is 65.8 Å². The van der Waals surface area contributed by atoms with E-state index >= 15 is 0 Å². The fourth-order valence-electron chi connectivity index (χ4n) is 2.79. The largest absolute Gasteiger partial charge is 0.272 e. The van der Waals surface area contributed by atoms with Crippen molar-refractivity contribution < 1.29 is 4.84 Å². The number of rotatable bonds is 5. The summed E-state index contributed by atoms with van der Waals surface area (Å²) < 4.78 is 0. The first-order valence-corrected chi connectivity index (χ1v) is 9.60. The van der Waals surface area contributed by atoms with E-state index in [1.54, 1.807) is 11.8 Å². The van der Waals surface area contributed by atoms with Gasteiger partial charge in [-0.15, -0.1) is 11.8 Å². The van der Waals surface area contributed by atoms with Crippen LogP contribution in [0.1, 0.15) is 17.8 Å². The molecule has 0 radical (unpaired) electrons. The average molecular weight is 385 g/mol. The monoisotopic (exact) mass is 384 g/mol. The predicted octanol–water partition coefficient (Wildman–Crippen LogP) is 4.41. The van der Waals surface area contributed by atoms with Gasteiger partial charge >= 0.3 is 0 Å². The number of nitrogens with zero attached hydrogens (tertiary/aromatic N) is 2. The van der Waals surface area contributed by atoms with E-state index in [0.717, 1.165) is 34.8 Å². The molecule has 1 aliphatic rings. The third-order valence-electron chi connectivity index (χ3n) is 4.07. The standard InChI is InChI=1S/C19H17ClN4OS/c20-14-8-6-13(7-9-14)18-17(19-21-12-22-23-19)10-15(25-24-18)11-26-16-4-2-1-3-5-16/h1-9,12,15,24H,10-11H2,(H,21,22,23). The van der Waals surface area contributed by atoms with Crippen LogP contribution in [0.5, 0.6) is 0 Å². The van der Waals surface area contributed by atoms with Crippen molar-refractivity contribution in [2.24, 2.45) is 0 Å². The molecule has 0 saturated heterocycles. The van der Waals surface area contributed by atoms with Gasteiger partial charge < -0.3 is 0 Å². The normalized spacial score (nSPS) is 17.2. The molecule has 0 aliphatic carbocycles.